The lowest BCUT2D eigenvalue weighted by molar-refractivity contribution is -0.384. The van der Waals surface area contributed by atoms with E-state index in [2.05, 4.69) is 4.98 Å². The van der Waals surface area contributed by atoms with Gasteiger partial charge in [-0.2, -0.15) is 0 Å². The molecular weight excluding hydrogens is 400 g/mol. The van der Waals surface area contributed by atoms with Gasteiger partial charge in [0.1, 0.15) is 11.5 Å². The fraction of sp³-hybridized carbons (Fsp3) is 0. The Kier molecular flexibility index (Phi) is 5.07. The van der Waals surface area contributed by atoms with Gasteiger partial charge in [0.25, 0.3) is 16.9 Å². The minimum absolute atomic E-state index is 0.0437. The van der Waals surface area contributed by atoms with Crippen LogP contribution < -0.4 is 5.56 Å². The first-order valence-corrected chi connectivity index (χ1v) is 9.14. The van der Waals surface area contributed by atoms with Crippen molar-refractivity contribution in [3.8, 4) is 5.69 Å². The highest BCUT2D eigenvalue weighted by Crippen LogP contribution is 2.24. The summed E-state index contributed by atoms with van der Waals surface area (Å²) < 4.78 is 1.20. The standard InChI is InChI=1S/C22H14N4O5/c27-22-17-5-1-2-6-18(17)23-21(14-11-15-9-12-16(13-10-15)25(28)29)24(22)19-7-3-4-8-20(19)26(30)31/h1-14H/b14-11+. The lowest BCUT2D eigenvalue weighted by Crippen LogP contribution is -2.23. The molecule has 3 aromatic carbocycles. The lowest BCUT2D eigenvalue weighted by Gasteiger charge is -2.11. The molecular formula is C22H14N4O5. The molecule has 0 amide bonds. The molecule has 152 valence electrons. The van der Waals surface area contributed by atoms with Gasteiger partial charge in [-0.1, -0.05) is 30.3 Å². The predicted molar refractivity (Wildman–Crippen MR) is 116 cm³/mol. The highest BCUT2D eigenvalue weighted by Gasteiger charge is 2.19. The van der Waals surface area contributed by atoms with Crippen molar-refractivity contribution in [1.29, 1.82) is 0 Å². The fourth-order valence-corrected chi connectivity index (χ4v) is 3.18. The van der Waals surface area contributed by atoms with Gasteiger partial charge in [0.05, 0.1) is 20.7 Å². The quantitative estimate of drug-likeness (QED) is 0.353. The van der Waals surface area contributed by atoms with Gasteiger partial charge < -0.3 is 0 Å². The Morgan fingerprint density at radius 3 is 2.19 bits per heavy atom. The first-order chi connectivity index (χ1) is 15.0. The van der Waals surface area contributed by atoms with E-state index in [9.17, 15) is 25.0 Å². The molecule has 0 saturated heterocycles. The number of non-ortho nitro benzene ring substituents is 1. The van der Waals surface area contributed by atoms with Crippen molar-refractivity contribution in [2.45, 2.75) is 0 Å². The maximum Gasteiger partial charge on any atom is 0.293 e. The van der Waals surface area contributed by atoms with Crippen LogP contribution in [-0.2, 0) is 0 Å². The van der Waals surface area contributed by atoms with Crippen molar-refractivity contribution in [3.05, 3.63) is 115 Å². The number of hydrogen-bond acceptors (Lipinski definition) is 6. The van der Waals surface area contributed by atoms with Crippen molar-refractivity contribution >= 4 is 34.4 Å². The summed E-state index contributed by atoms with van der Waals surface area (Å²) in [6, 6.07) is 18.5. The van der Waals surface area contributed by atoms with E-state index < -0.39 is 15.4 Å². The second kappa shape index (κ2) is 7.99. The Balaban J connectivity index is 1.92. The average Bonchev–Trinajstić information content (AvgIpc) is 2.78. The molecule has 0 spiro atoms. The molecule has 0 aliphatic carbocycles. The molecule has 4 aromatic rings. The summed E-state index contributed by atoms with van der Waals surface area (Å²) in [4.78, 5) is 39.1. The number of para-hydroxylation sites is 3. The van der Waals surface area contributed by atoms with Crippen LogP contribution in [0.4, 0.5) is 11.4 Å². The molecule has 9 nitrogen and oxygen atoms in total. The summed E-state index contributed by atoms with van der Waals surface area (Å²) in [6.07, 6.45) is 3.18. The Bertz CT molecular complexity index is 1410. The molecule has 1 heterocycles. The normalized spacial score (nSPS) is 11.1. The second-order valence-electron chi connectivity index (χ2n) is 6.56. The van der Waals surface area contributed by atoms with Gasteiger partial charge in [0, 0.05) is 18.2 Å². The molecule has 31 heavy (non-hydrogen) atoms. The van der Waals surface area contributed by atoms with Crippen LogP contribution in [0.15, 0.2) is 77.6 Å². The molecule has 1 aromatic heterocycles. The van der Waals surface area contributed by atoms with E-state index in [1.54, 1.807) is 54.6 Å². The van der Waals surface area contributed by atoms with Crippen LogP contribution in [0.1, 0.15) is 11.4 Å². The zero-order valence-electron chi connectivity index (χ0n) is 15.9. The summed E-state index contributed by atoms with van der Waals surface area (Å²) in [6.45, 7) is 0. The number of benzene rings is 3. The van der Waals surface area contributed by atoms with Gasteiger partial charge in [-0.05, 0) is 42.0 Å². The SMILES string of the molecule is O=c1c2ccccc2nc(/C=C/c2ccc([N+](=O)[O-])cc2)n1-c1ccccc1[N+](=O)[O-]. The Hall–Kier alpha value is -4.66. The van der Waals surface area contributed by atoms with E-state index >= 15 is 0 Å². The summed E-state index contributed by atoms with van der Waals surface area (Å²) >= 11 is 0. The molecule has 0 aliphatic heterocycles. The van der Waals surface area contributed by atoms with E-state index in [0.29, 0.717) is 16.5 Å². The zero-order valence-corrected chi connectivity index (χ0v) is 15.9. The molecule has 4 rings (SSSR count). The number of nitro groups is 2. The third-order valence-electron chi connectivity index (χ3n) is 4.65. The highest BCUT2D eigenvalue weighted by atomic mass is 16.6. The lowest BCUT2D eigenvalue weighted by atomic mass is 10.2. The van der Waals surface area contributed by atoms with E-state index in [0.717, 1.165) is 0 Å². The topological polar surface area (TPSA) is 121 Å². The number of aromatic nitrogens is 2. The highest BCUT2D eigenvalue weighted by molar-refractivity contribution is 5.80. The second-order valence-corrected chi connectivity index (χ2v) is 6.56. The summed E-state index contributed by atoms with van der Waals surface area (Å²) in [5.74, 6) is 0.191. The minimum atomic E-state index is -0.555. The summed E-state index contributed by atoms with van der Waals surface area (Å²) in [7, 11) is 0. The molecule has 0 radical (unpaired) electrons. The van der Waals surface area contributed by atoms with Crippen molar-refractivity contribution in [2.75, 3.05) is 0 Å². The molecule has 0 aliphatic rings. The Morgan fingerprint density at radius 1 is 0.806 bits per heavy atom. The van der Waals surface area contributed by atoms with E-state index in [4.69, 9.17) is 0 Å². The number of fused-ring (bicyclic) bond motifs is 1. The van der Waals surface area contributed by atoms with Gasteiger partial charge in [-0.15, -0.1) is 0 Å². The third-order valence-corrected chi connectivity index (χ3v) is 4.65. The van der Waals surface area contributed by atoms with Gasteiger partial charge in [-0.3, -0.25) is 29.6 Å². The molecule has 0 unspecified atom stereocenters. The molecule has 0 fully saturated rings. The van der Waals surface area contributed by atoms with Crippen molar-refractivity contribution in [2.24, 2.45) is 0 Å². The van der Waals surface area contributed by atoms with Crippen molar-refractivity contribution < 1.29 is 9.85 Å². The van der Waals surface area contributed by atoms with Crippen LogP contribution in [0.5, 0.6) is 0 Å². The van der Waals surface area contributed by atoms with Crippen molar-refractivity contribution in [1.82, 2.24) is 9.55 Å². The first-order valence-electron chi connectivity index (χ1n) is 9.14. The van der Waals surface area contributed by atoms with Crippen molar-refractivity contribution in [3.63, 3.8) is 0 Å². The van der Waals surface area contributed by atoms with E-state index in [1.807, 2.05) is 0 Å². The van der Waals surface area contributed by atoms with E-state index in [1.165, 1.54) is 34.9 Å². The Labute approximate surface area is 174 Å². The van der Waals surface area contributed by atoms with Crippen LogP contribution in [0.3, 0.4) is 0 Å². The fourth-order valence-electron chi connectivity index (χ4n) is 3.18. The average molecular weight is 414 g/mol. The van der Waals surface area contributed by atoms with Gasteiger partial charge in [0.2, 0.25) is 0 Å². The van der Waals surface area contributed by atoms with E-state index in [-0.39, 0.29) is 22.9 Å². The van der Waals surface area contributed by atoms with Crippen LogP contribution >= 0.6 is 0 Å². The third kappa shape index (κ3) is 3.79. The van der Waals surface area contributed by atoms with Crippen LogP contribution in [0.25, 0.3) is 28.7 Å². The number of hydrogen-bond donors (Lipinski definition) is 0. The van der Waals surface area contributed by atoms with Gasteiger partial charge >= 0.3 is 0 Å². The van der Waals surface area contributed by atoms with Crippen LogP contribution in [-0.4, -0.2) is 19.4 Å². The van der Waals surface area contributed by atoms with Crippen LogP contribution in [0, 0.1) is 20.2 Å². The predicted octanol–water partition coefficient (Wildman–Crippen LogP) is 4.37. The number of nitro benzene ring substituents is 2. The molecule has 0 bridgehead atoms. The zero-order chi connectivity index (χ0) is 22.0. The molecule has 0 N–H and O–H groups in total. The van der Waals surface area contributed by atoms with Gasteiger partial charge in [0.15, 0.2) is 0 Å². The Morgan fingerprint density at radius 2 is 1.48 bits per heavy atom. The minimum Gasteiger partial charge on any atom is -0.268 e. The number of nitrogens with zero attached hydrogens (tertiary/aromatic N) is 4. The molecule has 0 saturated carbocycles. The van der Waals surface area contributed by atoms with Gasteiger partial charge in [-0.25, -0.2) is 4.98 Å². The maximum atomic E-state index is 13.2. The monoisotopic (exact) mass is 414 g/mol. The number of rotatable bonds is 5. The summed E-state index contributed by atoms with van der Waals surface area (Å²) in [5.41, 5.74) is 0.472. The molecule has 9 heteroatoms. The molecule has 0 atom stereocenters. The first kappa shape index (κ1) is 19.6. The largest absolute Gasteiger partial charge is 0.293 e. The maximum absolute atomic E-state index is 13.2. The van der Waals surface area contributed by atoms with Crippen LogP contribution in [0.2, 0.25) is 0 Å². The summed E-state index contributed by atoms with van der Waals surface area (Å²) in [5, 5.41) is 22.7. The smallest absolute Gasteiger partial charge is 0.268 e.